The minimum atomic E-state index is 0.719. The second kappa shape index (κ2) is 6.75. The predicted octanol–water partition coefficient (Wildman–Crippen LogP) is 3.57. The lowest BCUT2D eigenvalue weighted by atomic mass is 10.1. The van der Waals surface area contributed by atoms with E-state index in [9.17, 15) is 0 Å². The lowest BCUT2D eigenvalue weighted by Gasteiger charge is -2.07. The van der Waals surface area contributed by atoms with E-state index in [0.717, 1.165) is 62.4 Å². The average Bonchev–Trinajstić information content (AvgIpc) is 3.43. The molecule has 0 saturated carbocycles. The molecule has 0 atom stereocenters. The van der Waals surface area contributed by atoms with Crippen LogP contribution in [0.5, 0.6) is 5.75 Å². The van der Waals surface area contributed by atoms with Crippen LogP contribution >= 0.6 is 0 Å². The molecular formula is C21H21N7O. The molecule has 3 aromatic heterocycles. The maximum atomic E-state index is 5.32. The molecule has 0 radical (unpaired) electrons. The Kier molecular flexibility index (Phi) is 4.06. The van der Waals surface area contributed by atoms with E-state index in [1.54, 1.807) is 7.11 Å². The Hall–Kier alpha value is -3.65. The molecule has 5 aromatic rings. The van der Waals surface area contributed by atoms with Crippen molar-refractivity contribution in [2.24, 2.45) is 0 Å². The topological polar surface area (TPSA) is 98.5 Å². The summed E-state index contributed by atoms with van der Waals surface area (Å²) >= 11 is 0. The van der Waals surface area contributed by atoms with Crippen molar-refractivity contribution in [3.05, 3.63) is 48.2 Å². The van der Waals surface area contributed by atoms with Crippen LogP contribution in [0.3, 0.4) is 0 Å². The quantitative estimate of drug-likeness (QED) is 0.428. The van der Waals surface area contributed by atoms with Crippen LogP contribution in [0.1, 0.15) is 5.69 Å². The summed E-state index contributed by atoms with van der Waals surface area (Å²) in [5.74, 6) is 0.834. The molecule has 5 rings (SSSR count). The van der Waals surface area contributed by atoms with E-state index in [4.69, 9.17) is 4.74 Å². The second-order valence-corrected chi connectivity index (χ2v) is 7.33. The Morgan fingerprint density at radius 1 is 0.931 bits per heavy atom. The van der Waals surface area contributed by atoms with Gasteiger partial charge in [-0.2, -0.15) is 20.5 Å². The van der Waals surface area contributed by atoms with E-state index in [1.807, 2.05) is 32.3 Å². The molecule has 0 unspecified atom stereocenters. The lowest BCUT2D eigenvalue weighted by molar-refractivity contribution is 0.397. The van der Waals surface area contributed by atoms with Crippen molar-refractivity contribution < 1.29 is 4.74 Å². The number of hydrogen-bond acceptors (Lipinski definition) is 5. The number of fused-ring (bicyclic) bond motifs is 2. The third-order valence-electron chi connectivity index (χ3n) is 5.01. The van der Waals surface area contributed by atoms with E-state index in [2.05, 4.69) is 59.8 Å². The minimum Gasteiger partial charge on any atom is -0.497 e. The van der Waals surface area contributed by atoms with Crippen LogP contribution in [0.2, 0.25) is 0 Å². The molecule has 2 aromatic carbocycles. The van der Waals surface area contributed by atoms with Crippen LogP contribution in [0.25, 0.3) is 44.5 Å². The molecule has 0 amide bonds. The zero-order valence-electron chi connectivity index (χ0n) is 16.4. The van der Waals surface area contributed by atoms with Crippen molar-refractivity contribution in [2.45, 2.75) is 6.54 Å². The van der Waals surface area contributed by atoms with Crippen molar-refractivity contribution in [3.8, 4) is 28.4 Å². The van der Waals surface area contributed by atoms with Crippen molar-refractivity contribution in [1.29, 1.82) is 0 Å². The van der Waals surface area contributed by atoms with Crippen LogP contribution in [-0.2, 0) is 6.54 Å². The van der Waals surface area contributed by atoms with Gasteiger partial charge in [-0.1, -0.05) is 6.07 Å². The summed E-state index contributed by atoms with van der Waals surface area (Å²) in [5.41, 5.74) is 6.61. The smallest absolute Gasteiger partial charge is 0.119 e. The predicted molar refractivity (Wildman–Crippen MR) is 113 cm³/mol. The van der Waals surface area contributed by atoms with Gasteiger partial charge in [-0.15, -0.1) is 0 Å². The molecule has 3 heterocycles. The fourth-order valence-electron chi connectivity index (χ4n) is 3.63. The number of benzene rings is 2. The SMILES string of the molecule is COc1ccc2[nH]c(-c3n[nH]c4cc(-c5n[nH]nc5CN(C)C)ccc34)cc2c1. The number of ether oxygens (including phenoxy) is 1. The van der Waals surface area contributed by atoms with Gasteiger partial charge in [-0.05, 0) is 50.5 Å². The van der Waals surface area contributed by atoms with Gasteiger partial charge in [-0.25, -0.2) is 0 Å². The first-order valence-corrected chi connectivity index (χ1v) is 9.32. The summed E-state index contributed by atoms with van der Waals surface area (Å²) in [7, 11) is 5.70. The largest absolute Gasteiger partial charge is 0.497 e. The lowest BCUT2D eigenvalue weighted by Crippen LogP contribution is -2.11. The van der Waals surface area contributed by atoms with Crippen molar-refractivity contribution >= 4 is 21.8 Å². The fraction of sp³-hybridized carbons (Fsp3) is 0.190. The van der Waals surface area contributed by atoms with Gasteiger partial charge in [0.1, 0.15) is 22.8 Å². The summed E-state index contributed by atoms with van der Waals surface area (Å²) in [6.07, 6.45) is 0. The molecule has 0 aliphatic carbocycles. The standard InChI is InChI=1S/C21H21N7O/c1-28(2)11-19-20(26-27-24-19)12-4-6-15-17(9-12)23-25-21(15)18-10-13-8-14(29-3)5-7-16(13)22-18/h4-10,22H,11H2,1-3H3,(H,23,25)(H,24,26,27). The third kappa shape index (κ3) is 3.03. The van der Waals surface area contributed by atoms with Gasteiger partial charge >= 0.3 is 0 Å². The molecule has 0 spiro atoms. The molecule has 0 aliphatic rings. The van der Waals surface area contributed by atoms with Crippen molar-refractivity contribution in [1.82, 2.24) is 35.5 Å². The van der Waals surface area contributed by atoms with E-state index in [-0.39, 0.29) is 0 Å². The highest BCUT2D eigenvalue weighted by molar-refractivity contribution is 5.97. The normalized spacial score (nSPS) is 11.7. The molecule has 146 valence electrons. The summed E-state index contributed by atoms with van der Waals surface area (Å²) in [6.45, 7) is 0.719. The Balaban J connectivity index is 1.56. The Labute approximate surface area is 166 Å². The molecular weight excluding hydrogens is 366 g/mol. The number of hydrogen-bond donors (Lipinski definition) is 3. The van der Waals surface area contributed by atoms with Crippen LogP contribution < -0.4 is 4.74 Å². The highest BCUT2D eigenvalue weighted by Gasteiger charge is 2.15. The zero-order chi connectivity index (χ0) is 20.0. The number of methoxy groups -OCH3 is 1. The molecule has 0 saturated heterocycles. The van der Waals surface area contributed by atoms with E-state index < -0.39 is 0 Å². The summed E-state index contributed by atoms with van der Waals surface area (Å²) in [4.78, 5) is 5.51. The number of nitrogens with one attached hydrogen (secondary N) is 3. The first kappa shape index (κ1) is 17.4. The Morgan fingerprint density at radius 3 is 2.66 bits per heavy atom. The monoisotopic (exact) mass is 387 g/mol. The summed E-state index contributed by atoms with van der Waals surface area (Å²) < 4.78 is 5.32. The van der Waals surface area contributed by atoms with E-state index in [1.165, 1.54) is 0 Å². The molecule has 3 N–H and O–H groups in total. The molecule has 29 heavy (non-hydrogen) atoms. The van der Waals surface area contributed by atoms with E-state index >= 15 is 0 Å². The number of rotatable bonds is 5. The molecule has 8 nitrogen and oxygen atoms in total. The Morgan fingerprint density at radius 2 is 1.83 bits per heavy atom. The zero-order valence-corrected chi connectivity index (χ0v) is 16.4. The van der Waals surface area contributed by atoms with Gasteiger partial charge in [0, 0.05) is 28.4 Å². The highest BCUT2D eigenvalue weighted by atomic mass is 16.5. The van der Waals surface area contributed by atoms with Gasteiger partial charge in [0.25, 0.3) is 0 Å². The van der Waals surface area contributed by atoms with Crippen molar-refractivity contribution in [3.63, 3.8) is 0 Å². The number of nitrogens with zero attached hydrogens (tertiary/aromatic N) is 4. The maximum absolute atomic E-state index is 5.32. The highest BCUT2D eigenvalue weighted by Crippen LogP contribution is 2.32. The van der Waals surface area contributed by atoms with Crippen LogP contribution in [0.15, 0.2) is 42.5 Å². The van der Waals surface area contributed by atoms with Crippen LogP contribution in [0, 0.1) is 0 Å². The summed E-state index contributed by atoms with van der Waals surface area (Å²) in [6, 6.07) is 14.3. The number of H-pyrrole nitrogens is 3. The van der Waals surface area contributed by atoms with Gasteiger partial charge in [0.2, 0.25) is 0 Å². The van der Waals surface area contributed by atoms with Gasteiger partial charge in [-0.3, -0.25) is 5.10 Å². The average molecular weight is 387 g/mol. The van der Waals surface area contributed by atoms with Crippen LogP contribution in [0.4, 0.5) is 0 Å². The molecule has 0 bridgehead atoms. The molecule has 0 fully saturated rings. The number of aromatic amines is 3. The van der Waals surface area contributed by atoms with Gasteiger partial charge in [0.05, 0.1) is 18.3 Å². The number of aromatic nitrogens is 6. The summed E-state index contributed by atoms with van der Waals surface area (Å²) in [5, 5.41) is 21.2. The Bertz CT molecular complexity index is 1310. The second-order valence-electron chi connectivity index (χ2n) is 7.33. The molecule has 8 heteroatoms. The van der Waals surface area contributed by atoms with Gasteiger partial charge in [0.15, 0.2) is 0 Å². The van der Waals surface area contributed by atoms with Crippen molar-refractivity contribution in [2.75, 3.05) is 21.2 Å². The fourth-order valence-corrected chi connectivity index (χ4v) is 3.63. The first-order valence-electron chi connectivity index (χ1n) is 9.32. The third-order valence-corrected chi connectivity index (χ3v) is 5.01. The maximum Gasteiger partial charge on any atom is 0.119 e. The first-order chi connectivity index (χ1) is 14.1. The van der Waals surface area contributed by atoms with Crippen LogP contribution in [-0.4, -0.2) is 56.7 Å². The molecule has 0 aliphatic heterocycles. The van der Waals surface area contributed by atoms with Gasteiger partial charge < -0.3 is 14.6 Å². The van der Waals surface area contributed by atoms with E-state index in [0.29, 0.717) is 0 Å². The minimum absolute atomic E-state index is 0.719.